The molecule has 0 saturated carbocycles. The van der Waals surface area contributed by atoms with Crippen molar-refractivity contribution in [2.75, 3.05) is 19.7 Å². The first-order valence-corrected chi connectivity index (χ1v) is 4.75. The maximum absolute atomic E-state index is 5.47. The van der Waals surface area contributed by atoms with Crippen LogP contribution < -0.4 is 10.1 Å². The second-order valence-electron chi connectivity index (χ2n) is 2.87. The SMILES string of the molecule is C#CCCNCCOc1ccccc1. The van der Waals surface area contributed by atoms with E-state index in [4.69, 9.17) is 11.2 Å². The molecule has 74 valence electrons. The molecule has 0 unspecified atom stereocenters. The van der Waals surface area contributed by atoms with Gasteiger partial charge in [0.2, 0.25) is 0 Å². The van der Waals surface area contributed by atoms with Gasteiger partial charge in [0.05, 0.1) is 0 Å². The van der Waals surface area contributed by atoms with E-state index in [2.05, 4.69) is 11.2 Å². The van der Waals surface area contributed by atoms with Crippen molar-refractivity contribution in [3.05, 3.63) is 30.3 Å². The van der Waals surface area contributed by atoms with Gasteiger partial charge in [0.25, 0.3) is 0 Å². The van der Waals surface area contributed by atoms with Crippen LogP contribution in [-0.4, -0.2) is 19.7 Å². The van der Waals surface area contributed by atoms with Crippen LogP contribution in [0.1, 0.15) is 6.42 Å². The molecule has 0 saturated heterocycles. The van der Waals surface area contributed by atoms with E-state index in [9.17, 15) is 0 Å². The Hall–Kier alpha value is -1.46. The van der Waals surface area contributed by atoms with Crippen LogP contribution >= 0.6 is 0 Å². The topological polar surface area (TPSA) is 21.3 Å². The number of hydrogen-bond acceptors (Lipinski definition) is 2. The summed E-state index contributed by atoms with van der Waals surface area (Å²) in [7, 11) is 0. The lowest BCUT2D eigenvalue weighted by molar-refractivity contribution is 0.315. The number of rotatable bonds is 6. The molecule has 0 amide bonds. The summed E-state index contributed by atoms with van der Waals surface area (Å²) >= 11 is 0. The lowest BCUT2D eigenvalue weighted by atomic mass is 10.3. The first-order valence-electron chi connectivity index (χ1n) is 4.75. The van der Waals surface area contributed by atoms with Crippen LogP contribution in [-0.2, 0) is 0 Å². The van der Waals surface area contributed by atoms with Crippen LogP contribution in [0, 0.1) is 12.3 Å². The Balaban J connectivity index is 2.03. The Bertz CT molecular complexity index is 276. The largest absolute Gasteiger partial charge is 0.492 e. The summed E-state index contributed by atoms with van der Waals surface area (Å²) in [5, 5.41) is 3.19. The zero-order chi connectivity index (χ0) is 10.1. The van der Waals surface area contributed by atoms with Crippen molar-refractivity contribution in [3.8, 4) is 18.1 Å². The summed E-state index contributed by atoms with van der Waals surface area (Å²) in [5.41, 5.74) is 0. The van der Waals surface area contributed by atoms with Crippen LogP contribution in [0.15, 0.2) is 30.3 Å². The van der Waals surface area contributed by atoms with Gasteiger partial charge in [0.15, 0.2) is 0 Å². The summed E-state index contributed by atoms with van der Waals surface area (Å²) in [6, 6.07) is 9.78. The summed E-state index contributed by atoms with van der Waals surface area (Å²) in [5.74, 6) is 3.48. The highest BCUT2D eigenvalue weighted by Gasteiger charge is 1.90. The van der Waals surface area contributed by atoms with Gasteiger partial charge in [0.1, 0.15) is 12.4 Å². The smallest absolute Gasteiger partial charge is 0.119 e. The molecule has 0 aliphatic rings. The fourth-order valence-electron chi connectivity index (χ4n) is 1.04. The van der Waals surface area contributed by atoms with Crippen molar-refractivity contribution in [1.82, 2.24) is 5.32 Å². The Morgan fingerprint density at radius 1 is 1.21 bits per heavy atom. The molecule has 2 heteroatoms. The lowest BCUT2D eigenvalue weighted by Crippen LogP contribution is -2.21. The molecule has 0 fully saturated rings. The summed E-state index contributed by atoms with van der Waals surface area (Å²) < 4.78 is 5.47. The van der Waals surface area contributed by atoms with Gasteiger partial charge in [-0.25, -0.2) is 0 Å². The van der Waals surface area contributed by atoms with Crippen LogP contribution in [0.4, 0.5) is 0 Å². The van der Waals surface area contributed by atoms with E-state index in [0.29, 0.717) is 6.61 Å². The van der Waals surface area contributed by atoms with E-state index < -0.39 is 0 Å². The van der Waals surface area contributed by atoms with Crippen molar-refractivity contribution >= 4 is 0 Å². The third-order valence-electron chi connectivity index (χ3n) is 1.74. The minimum absolute atomic E-state index is 0.675. The van der Waals surface area contributed by atoms with E-state index >= 15 is 0 Å². The van der Waals surface area contributed by atoms with Gasteiger partial charge in [-0.2, -0.15) is 0 Å². The van der Waals surface area contributed by atoms with E-state index in [0.717, 1.165) is 25.3 Å². The predicted molar refractivity (Wildman–Crippen MR) is 58.3 cm³/mol. The summed E-state index contributed by atoms with van der Waals surface area (Å²) in [6.07, 6.45) is 5.88. The molecule has 1 rings (SSSR count). The lowest BCUT2D eigenvalue weighted by Gasteiger charge is -2.05. The standard InChI is InChI=1S/C12H15NO/c1-2-3-9-13-10-11-14-12-7-5-4-6-8-12/h1,4-8,13H,3,9-11H2. The third-order valence-corrected chi connectivity index (χ3v) is 1.74. The highest BCUT2D eigenvalue weighted by atomic mass is 16.5. The molecule has 0 aliphatic heterocycles. The zero-order valence-electron chi connectivity index (χ0n) is 8.20. The normalized spacial score (nSPS) is 9.36. The maximum Gasteiger partial charge on any atom is 0.119 e. The number of nitrogens with one attached hydrogen (secondary N) is 1. The second kappa shape index (κ2) is 6.99. The van der Waals surface area contributed by atoms with E-state index in [1.165, 1.54) is 0 Å². The Kier molecular flexibility index (Phi) is 5.30. The number of ether oxygens (including phenoxy) is 1. The van der Waals surface area contributed by atoms with E-state index in [-0.39, 0.29) is 0 Å². The molecule has 0 bridgehead atoms. The molecular weight excluding hydrogens is 174 g/mol. The highest BCUT2D eigenvalue weighted by Crippen LogP contribution is 2.07. The van der Waals surface area contributed by atoms with Crippen LogP contribution in [0.25, 0.3) is 0 Å². The van der Waals surface area contributed by atoms with Gasteiger partial charge in [-0.1, -0.05) is 18.2 Å². The van der Waals surface area contributed by atoms with Gasteiger partial charge in [-0.15, -0.1) is 12.3 Å². The molecule has 14 heavy (non-hydrogen) atoms. The molecule has 0 aromatic heterocycles. The number of para-hydroxylation sites is 1. The molecule has 0 aliphatic carbocycles. The minimum Gasteiger partial charge on any atom is -0.492 e. The maximum atomic E-state index is 5.47. The minimum atomic E-state index is 0.675. The molecule has 1 N–H and O–H groups in total. The first-order chi connectivity index (χ1) is 6.93. The van der Waals surface area contributed by atoms with Gasteiger partial charge in [-0.05, 0) is 12.1 Å². The molecule has 0 radical (unpaired) electrons. The van der Waals surface area contributed by atoms with Crippen molar-refractivity contribution in [2.24, 2.45) is 0 Å². The summed E-state index contributed by atoms with van der Waals surface area (Å²) in [4.78, 5) is 0. The molecule has 2 nitrogen and oxygen atoms in total. The number of terminal acetylenes is 1. The van der Waals surface area contributed by atoms with Crippen LogP contribution in [0.5, 0.6) is 5.75 Å². The van der Waals surface area contributed by atoms with Gasteiger partial charge in [0, 0.05) is 19.5 Å². The predicted octanol–water partition coefficient (Wildman–Crippen LogP) is 1.68. The average molecular weight is 189 g/mol. The van der Waals surface area contributed by atoms with Gasteiger partial charge < -0.3 is 10.1 Å². The average Bonchev–Trinajstić information content (AvgIpc) is 2.25. The highest BCUT2D eigenvalue weighted by molar-refractivity contribution is 5.20. The van der Waals surface area contributed by atoms with Crippen molar-refractivity contribution < 1.29 is 4.74 Å². The Morgan fingerprint density at radius 3 is 2.71 bits per heavy atom. The summed E-state index contributed by atoms with van der Waals surface area (Å²) in [6.45, 7) is 2.36. The van der Waals surface area contributed by atoms with Gasteiger partial charge in [-0.3, -0.25) is 0 Å². The molecule has 0 atom stereocenters. The quantitative estimate of drug-likeness (QED) is 0.543. The first kappa shape index (κ1) is 10.6. The third kappa shape index (κ3) is 4.54. The molecule has 0 spiro atoms. The fourth-order valence-corrected chi connectivity index (χ4v) is 1.04. The van der Waals surface area contributed by atoms with Crippen LogP contribution in [0.2, 0.25) is 0 Å². The Labute approximate surface area is 85.3 Å². The van der Waals surface area contributed by atoms with E-state index in [1.54, 1.807) is 0 Å². The zero-order valence-corrected chi connectivity index (χ0v) is 8.20. The number of benzene rings is 1. The molecule has 1 aromatic rings. The number of hydrogen-bond donors (Lipinski definition) is 1. The van der Waals surface area contributed by atoms with Gasteiger partial charge >= 0.3 is 0 Å². The fraction of sp³-hybridized carbons (Fsp3) is 0.333. The molecule has 1 aromatic carbocycles. The second-order valence-corrected chi connectivity index (χ2v) is 2.87. The van der Waals surface area contributed by atoms with Crippen molar-refractivity contribution in [1.29, 1.82) is 0 Å². The van der Waals surface area contributed by atoms with Crippen molar-refractivity contribution in [2.45, 2.75) is 6.42 Å². The van der Waals surface area contributed by atoms with Crippen LogP contribution in [0.3, 0.4) is 0 Å². The van der Waals surface area contributed by atoms with E-state index in [1.807, 2.05) is 30.3 Å². The Morgan fingerprint density at radius 2 is 2.00 bits per heavy atom. The monoisotopic (exact) mass is 189 g/mol. The van der Waals surface area contributed by atoms with Crippen molar-refractivity contribution in [3.63, 3.8) is 0 Å². The molecule has 0 heterocycles. The molecular formula is C12H15NO.